The zero-order chi connectivity index (χ0) is 20.4. The van der Waals surface area contributed by atoms with Crippen molar-refractivity contribution in [2.45, 2.75) is 64.0 Å². The number of aromatic amines is 1. The number of benzene rings is 1. The molecule has 2 N–H and O–H groups in total. The number of aromatic nitrogens is 2. The summed E-state index contributed by atoms with van der Waals surface area (Å²) >= 11 is 0. The molecule has 1 aromatic carbocycles. The van der Waals surface area contributed by atoms with Gasteiger partial charge in [0.05, 0.1) is 5.69 Å². The monoisotopic (exact) mass is 398 g/mol. The van der Waals surface area contributed by atoms with Crippen molar-refractivity contribution in [3.8, 4) is 0 Å². The first-order valence-electron chi connectivity index (χ1n) is 10.7. The normalized spacial score (nSPS) is 21.5. The maximum Gasteiger partial charge on any atom is 0.267 e. The van der Waals surface area contributed by atoms with Crippen molar-refractivity contribution < 1.29 is 4.39 Å². The van der Waals surface area contributed by atoms with Crippen LogP contribution in [0.5, 0.6) is 0 Å². The summed E-state index contributed by atoms with van der Waals surface area (Å²) in [5, 5.41) is 10.6. The van der Waals surface area contributed by atoms with Crippen molar-refractivity contribution in [3.63, 3.8) is 0 Å². The van der Waals surface area contributed by atoms with Gasteiger partial charge in [-0.1, -0.05) is 12.1 Å². The average Bonchev–Trinajstić information content (AvgIpc) is 3.12. The van der Waals surface area contributed by atoms with E-state index < -0.39 is 0 Å². The van der Waals surface area contributed by atoms with Crippen molar-refractivity contribution >= 4 is 0 Å². The Balaban J connectivity index is 1.51. The van der Waals surface area contributed by atoms with Crippen LogP contribution in [0.4, 0.5) is 4.39 Å². The van der Waals surface area contributed by atoms with Crippen LogP contribution >= 0.6 is 0 Å². The number of hydrogen-bond donors (Lipinski definition) is 2. The molecule has 1 fully saturated rings. The molecule has 0 radical (unpaired) electrons. The molecule has 6 heteroatoms. The van der Waals surface area contributed by atoms with E-state index in [9.17, 15) is 9.18 Å². The number of likely N-dealkylation sites (N-methyl/N-ethyl adjacent to an activating group) is 1. The summed E-state index contributed by atoms with van der Waals surface area (Å²) in [4.78, 5) is 14.3. The average molecular weight is 399 g/mol. The lowest BCUT2D eigenvalue weighted by Crippen LogP contribution is -2.46. The van der Waals surface area contributed by atoms with Crippen molar-refractivity contribution in [3.05, 3.63) is 62.3 Å². The number of halogens is 1. The molecule has 29 heavy (non-hydrogen) atoms. The third-order valence-corrected chi connectivity index (χ3v) is 6.38. The van der Waals surface area contributed by atoms with E-state index in [-0.39, 0.29) is 16.9 Å². The van der Waals surface area contributed by atoms with Crippen LogP contribution in [0.2, 0.25) is 0 Å². The van der Waals surface area contributed by atoms with Gasteiger partial charge in [0.25, 0.3) is 5.56 Å². The molecule has 5 nitrogen and oxygen atoms in total. The molecule has 2 heterocycles. The molecule has 0 unspecified atom stereocenters. The first-order valence-corrected chi connectivity index (χ1v) is 10.7. The summed E-state index contributed by atoms with van der Waals surface area (Å²) < 4.78 is 14.5. The molecule has 2 aromatic rings. The second kappa shape index (κ2) is 8.36. The van der Waals surface area contributed by atoms with Gasteiger partial charge >= 0.3 is 0 Å². The first kappa shape index (κ1) is 20.2. The number of hydrogen-bond acceptors (Lipinski definition) is 4. The Morgan fingerprint density at radius 1 is 1.21 bits per heavy atom. The molecule has 0 amide bonds. The van der Waals surface area contributed by atoms with Crippen molar-refractivity contribution in [1.29, 1.82) is 0 Å². The van der Waals surface area contributed by atoms with Gasteiger partial charge in [0, 0.05) is 36.2 Å². The van der Waals surface area contributed by atoms with E-state index in [1.165, 1.54) is 6.42 Å². The maximum absolute atomic E-state index is 14.5. The fourth-order valence-corrected chi connectivity index (χ4v) is 4.96. The Labute approximate surface area is 171 Å². The topological polar surface area (TPSA) is 61.0 Å². The van der Waals surface area contributed by atoms with Gasteiger partial charge in [-0.3, -0.25) is 4.79 Å². The van der Waals surface area contributed by atoms with E-state index in [0.29, 0.717) is 18.5 Å². The van der Waals surface area contributed by atoms with Crippen LogP contribution in [0.25, 0.3) is 0 Å². The highest BCUT2D eigenvalue weighted by molar-refractivity contribution is 5.35. The zero-order valence-corrected chi connectivity index (χ0v) is 17.5. The highest BCUT2D eigenvalue weighted by Crippen LogP contribution is 2.24. The maximum atomic E-state index is 14.5. The van der Waals surface area contributed by atoms with E-state index in [4.69, 9.17) is 0 Å². The number of rotatable bonds is 6. The van der Waals surface area contributed by atoms with E-state index >= 15 is 0 Å². The van der Waals surface area contributed by atoms with Gasteiger partial charge in [-0.15, -0.1) is 0 Å². The minimum absolute atomic E-state index is 0.0566. The lowest BCUT2D eigenvalue weighted by Gasteiger charge is -2.30. The van der Waals surface area contributed by atoms with Gasteiger partial charge in [-0.2, -0.15) is 5.10 Å². The second-order valence-corrected chi connectivity index (χ2v) is 9.03. The minimum atomic E-state index is -0.165. The SMILES string of the molecule is CN(Cc1cc(Cc2n[nH]c(=O)c3c2CCCC3)ccc1F)C[C@@]1(C)CCCN1. The standard InChI is InChI=1S/C23H31FN4O/c1-23(10-5-11-25-23)15-28(2)14-17-12-16(8-9-20(17)24)13-21-18-6-3-4-7-19(18)22(29)27-26-21/h8-9,12,25H,3-7,10-11,13-15H2,1-2H3,(H,27,29)/t23-/m1/s1. The first-order chi connectivity index (χ1) is 13.9. The summed E-state index contributed by atoms with van der Waals surface area (Å²) in [5.41, 5.74) is 4.72. The second-order valence-electron chi connectivity index (χ2n) is 9.03. The largest absolute Gasteiger partial charge is 0.310 e. The molecule has 1 aromatic heterocycles. The highest BCUT2D eigenvalue weighted by Gasteiger charge is 2.29. The molecular weight excluding hydrogens is 367 g/mol. The van der Waals surface area contributed by atoms with E-state index in [0.717, 1.165) is 67.6 Å². The molecule has 0 bridgehead atoms. The molecule has 1 aliphatic heterocycles. The van der Waals surface area contributed by atoms with Crippen LogP contribution in [0.15, 0.2) is 23.0 Å². The molecule has 0 saturated carbocycles. The lowest BCUT2D eigenvalue weighted by atomic mass is 9.90. The Hall–Kier alpha value is -2.05. The Bertz CT molecular complexity index is 933. The van der Waals surface area contributed by atoms with E-state index in [2.05, 4.69) is 34.4 Å². The molecule has 1 atom stereocenters. The summed E-state index contributed by atoms with van der Waals surface area (Å²) in [7, 11) is 2.05. The Morgan fingerprint density at radius 2 is 2.00 bits per heavy atom. The van der Waals surface area contributed by atoms with Crippen LogP contribution in [-0.2, 0) is 25.8 Å². The van der Waals surface area contributed by atoms with Gasteiger partial charge in [-0.25, -0.2) is 9.49 Å². The van der Waals surface area contributed by atoms with Gasteiger partial charge in [0.2, 0.25) is 0 Å². The lowest BCUT2D eigenvalue weighted by molar-refractivity contribution is 0.231. The predicted molar refractivity (Wildman–Crippen MR) is 113 cm³/mol. The quantitative estimate of drug-likeness (QED) is 0.785. The molecular formula is C23H31FN4O. The third-order valence-electron chi connectivity index (χ3n) is 6.38. The molecule has 2 aliphatic rings. The smallest absolute Gasteiger partial charge is 0.267 e. The van der Waals surface area contributed by atoms with Gasteiger partial charge in [0.15, 0.2) is 0 Å². The van der Waals surface area contributed by atoms with Crippen LogP contribution in [0, 0.1) is 5.82 Å². The molecule has 4 rings (SSSR count). The fraction of sp³-hybridized carbons (Fsp3) is 0.565. The van der Waals surface area contributed by atoms with Crippen LogP contribution in [0.3, 0.4) is 0 Å². The van der Waals surface area contributed by atoms with Crippen molar-refractivity contribution in [1.82, 2.24) is 20.4 Å². The number of fused-ring (bicyclic) bond motifs is 1. The fourth-order valence-electron chi connectivity index (χ4n) is 4.96. The van der Waals surface area contributed by atoms with Crippen molar-refractivity contribution in [2.75, 3.05) is 20.1 Å². The molecule has 1 aliphatic carbocycles. The summed E-state index contributed by atoms with van der Waals surface area (Å²) in [5.74, 6) is -0.165. The Kier molecular flexibility index (Phi) is 5.83. The van der Waals surface area contributed by atoms with Gasteiger partial charge in [0.1, 0.15) is 5.82 Å². The molecule has 0 spiro atoms. The third kappa shape index (κ3) is 4.59. The summed E-state index contributed by atoms with van der Waals surface area (Å²) in [6, 6.07) is 5.35. The summed E-state index contributed by atoms with van der Waals surface area (Å²) in [6.45, 7) is 4.78. The van der Waals surface area contributed by atoms with Crippen LogP contribution in [-0.4, -0.2) is 40.8 Å². The minimum Gasteiger partial charge on any atom is -0.310 e. The van der Waals surface area contributed by atoms with Gasteiger partial charge in [-0.05, 0) is 76.2 Å². The molecule has 156 valence electrons. The predicted octanol–water partition coefficient (Wildman–Crippen LogP) is 2.95. The zero-order valence-electron chi connectivity index (χ0n) is 17.5. The number of nitrogens with one attached hydrogen (secondary N) is 2. The van der Waals surface area contributed by atoms with Crippen LogP contribution < -0.4 is 10.9 Å². The highest BCUT2D eigenvalue weighted by atomic mass is 19.1. The van der Waals surface area contributed by atoms with Crippen LogP contribution in [0.1, 0.15) is 60.6 Å². The number of H-pyrrole nitrogens is 1. The van der Waals surface area contributed by atoms with Gasteiger partial charge < -0.3 is 10.2 Å². The molecule has 1 saturated heterocycles. The van der Waals surface area contributed by atoms with E-state index in [1.54, 1.807) is 6.07 Å². The Morgan fingerprint density at radius 3 is 2.76 bits per heavy atom. The number of nitrogens with zero attached hydrogens (tertiary/aromatic N) is 2. The van der Waals surface area contributed by atoms with E-state index in [1.807, 2.05) is 12.1 Å². The van der Waals surface area contributed by atoms with Crippen molar-refractivity contribution in [2.24, 2.45) is 0 Å². The summed E-state index contributed by atoms with van der Waals surface area (Å²) in [6.07, 6.45) is 6.86.